The van der Waals surface area contributed by atoms with Gasteiger partial charge in [0.05, 0.1) is 4.47 Å². The molecule has 1 N–H and O–H groups in total. The van der Waals surface area contributed by atoms with Crippen molar-refractivity contribution in [2.24, 2.45) is 0 Å². The zero-order chi connectivity index (χ0) is 11.0. The highest BCUT2D eigenvalue weighted by Gasteiger charge is 2.25. The van der Waals surface area contributed by atoms with Crippen molar-refractivity contribution in [2.75, 3.05) is 26.3 Å². The van der Waals surface area contributed by atoms with Gasteiger partial charge < -0.3 is 14.8 Å². The minimum absolute atomic E-state index is 0.559. The molecule has 0 saturated carbocycles. The maximum atomic E-state index is 5.77. The van der Waals surface area contributed by atoms with E-state index in [1.165, 1.54) is 12.0 Å². The molecule has 0 radical (unpaired) electrons. The van der Waals surface area contributed by atoms with Gasteiger partial charge in [0.15, 0.2) is 11.5 Å². The lowest BCUT2D eigenvalue weighted by Crippen LogP contribution is -2.18. The quantitative estimate of drug-likeness (QED) is 0.858. The van der Waals surface area contributed by atoms with Crippen LogP contribution >= 0.6 is 15.9 Å². The molecule has 1 unspecified atom stereocenters. The molecule has 86 valence electrons. The van der Waals surface area contributed by atoms with Crippen LogP contribution in [0.5, 0.6) is 11.5 Å². The lowest BCUT2D eigenvalue weighted by atomic mass is 9.97. The fourth-order valence-electron chi connectivity index (χ4n) is 2.37. The van der Waals surface area contributed by atoms with E-state index in [0.717, 1.165) is 29.1 Å². The predicted molar refractivity (Wildman–Crippen MR) is 65.4 cm³/mol. The van der Waals surface area contributed by atoms with Gasteiger partial charge in [0.2, 0.25) is 0 Å². The summed E-state index contributed by atoms with van der Waals surface area (Å²) in [5, 5.41) is 3.38. The monoisotopic (exact) mass is 283 g/mol. The molecule has 1 aromatic rings. The van der Waals surface area contributed by atoms with Crippen LogP contribution in [-0.2, 0) is 0 Å². The van der Waals surface area contributed by atoms with Gasteiger partial charge in [-0.05, 0) is 35.0 Å². The smallest absolute Gasteiger partial charge is 0.175 e. The summed E-state index contributed by atoms with van der Waals surface area (Å²) in [6.07, 6.45) is 1.18. The highest BCUT2D eigenvalue weighted by Crippen LogP contribution is 2.43. The first-order valence-corrected chi connectivity index (χ1v) is 6.44. The third-order valence-corrected chi connectivity index (χ3v) is 3.80. The van der Waals surface area contributed by atoms with Crippen LogP contribution in [0.3, 0.4) is 0 Å². The maximum Gasteiger partial charge on any atom is 0.175 e. The van der Waals surface area contributed by atoms with Crippen molar-refractivity contribution in [2.45, 2.75) is 12.3 Å². The van der Waals surface area contributed by atoms with Crippen molar-refractivity contribution >= 4 is 15.9 Å². The van der Waals surface area contributed by atoms with Crippen LogP contribution in [0.25, 0.3) is 0 Å². The molecule has 2 aliphatic rings. The second kappa shape index (κ2) is 4.26. The lowest BCUT2D eigenvalue weighted by Gasteiger charge is -2.24. The standard InChI is InChI=1S/C12H14BrNO2/c13-10-2-1-9(8-3-4-14-7-8)11-12(10)16-6-5-15-11/h1-2,8,14H,3-7H2. The molecule has 0 aromatic heterocycles. The number of hydrogen-bond acceptors (Lipinski definition) is 3. The van der Waals surface area contributed by atoms with Gasteiger partial charge in [-0.25, -0.2) is 0 Å². The normalized spacial score (nSPS) is 23.4. The summed E-state index contributed by atoms with van der Waals surface area (Å²) in [6.45, 7) is 3.42. The summed E-state index contributed by atoms with van der Waals surface area (Å²) in [6, 6.07) is 4.20. The van der Waals surface area contributed by atoms with Crippen molar-refractivity contribution in [3.8, 4) is 11.5 Å². The fourth-order valence-corrected chi connectivity index (χ4v) is 2.79. The molecule has 16 heavy (non-hydrogen) atoms. The van der Waals surface area contributed by atoms with Crippen LogP contribution < -0.4 is 14.8 Å². The molecule has 2 heterocycles. The first-order valence-electron chi connectivity index (χ1n) is 5.65. The molecule has 0 aliphatic carbocycles. The van der Waals surface area contributed by atoms with Crippen LogP contribution in [0.2, 0.25) is 0 Å². The Morgan fingerprint density at radius 2 is 2.00 bits per heavy atom. The molecule has 0 spiro atoms. The van der Waals surface area contributed by atoms with E-state index in [0.29, 0.717) is 19.1 Å². The molecule has 4 heteroatoms. The van der Waals surface area contributed by atoms with Gasteiger partial charge in [-0.1, -0.05) is 6.07 Å². The molecule has 1 saturated heterocycles. The van der Waals surface area contributed by atoms with Crippen molar-refractivity contribution in [1.29, 1.82) is 0 Å². The minimum Gasteiger partial charge on any atom is -0.486 e. The van der Waals surface area contributed by atoms with E-state index in [9.17, 15) is 0 Å². The van der Waals surface area contributed by atoms with Crippen LogP contribution in [0.15, 0.2) is 16.6 Å². The third-order valence-electron chi connectivity index (χ3n) is 3.17. The average Bonchev–Trinajstić information content (AvgIpc) is 2.83. The number of benzene rings is 1. The van der Waals surface area contributed by atoms with E-state index in [4.69, 9.17) is 9.47 Å². The van der Waals surface area contributed by atoms with Gasteiger partial charge in [0, 0.05) is 18.0 Å². The molecule has 0 amide bonds. The van der Waals surface area contributed by atoms with Gasteiger partial charge in [0.25, 0.3) is 0 Å². The van der Waals surface area contributed by atoms with Gasteiger partial charge in [-0.3, -0.25) is 0 Å². The van der Waals surface area contributed by atoms with Crippen LogP contribution in [0, 0.1) is 0 Å². The summed E-state index contributed by atoms with van der Waals surface area (Å²) in [7, 11) is 0. The molecule has 2 aliphatic heterocycles. The number of hydrogen-bond donors (Lipinski definition) is 1. The maximum absolute atomic E-state index is 5.77. The predicted octanol–water partition coefficient (Wildman–Crippen LogP) is 2.30. The van der Waals surface area contributed by atoms with Gasteiger partial charge >= 0.3 is 0 Å². The summed E-state index contributed by atoms with van der Waals surface area (Å²) in [5.74, 6) is 2.37. The summed E-state index contributed by atoms with van der Waals surface area (Å²) < 4.78 is 12.4. The van der Waals surface area contributed by atoms with Crippen molar-refractivity contribution in [3.05, 3.63) is 22.2 Å². The topological polar surface area (TPSA) is 30.5 Å². The molecule has 1 aromatic carbocycles. The zero-order valence-electron chi connectivity index (χ0n) is 8.96. The van der Waals surface area contributed by atoms with E-state index in [-0.39, 0.29) is 0 Å². The van der Waals surface area contributed by atoms with E-state index in [2.05, 4.69) is 33.4 Å². The Morgan fingerprint density at radius 1 is 1.19 bits per heavy atom. The average molecular weight is 284 g/mol. The van der Waals surface area contributed by atoms with Crippen molar-refractivity contribution < 1.29 is 9.47 Å². The SMILES string of the molecule is Brc1ccc(C2CCNC2)c2c1OCCO2. The molecule has 3 nitrogen and oxygen atoms in total. The molecule has 3 rings (SSSR count). The second-order valence-electron chi connectivity index (χ2n) is 4.18. The Balaban J connectivity index is 2.04. The zero-order valence-corrected chi connectivity index (χ0v) is 10.5. The van der Waals surface area contributed by atoms with Gasteiger partial charge in [-0.15, -0.1) is 0 Å². The Kier molecular flexibility index (Phi) is 2.77. The molecular weight excluding hydrogens is 270 g/mol. The Bertz CT molecular complexity index is 402. The fraction of sp³-hybridized carbons (Fsp3) is 0.500. The van der Waals surface area contributed by atoms with Crippen molar-refractivity contribution in [1.82, 2.24) is 5.32 Å². The number of halogens is 1. The van der Waals surface area contributed by atoms with E-state index in [1.807, 2.05) is 0 Å². The lowest BCUT2D eigenvalue weighted by molar-refractivity contribution is 0.168. The molecule has 1 atom stereocenters. The summed E-state index contributed by atoms with van der Waals surface area (Å²) in [4.78, 5) is 0. The van der Waals surface area contributed by atoms with E-state index >= 15 is 0 Å². The van der Waals surface area contributed by atoms with E-state index in [1.54, 1.807) is 0 Å². The number of ether oxygens (including phenoxy) is 2. The highest BCUT2D eigenvalue weighted by atomic mass is 79.9. The number of nitrogens with one attached hydrogen (secondary N) is 1. The van der Waals surface area contributed by atoms with E-state index < -0.39 is 0 Å². The van der Waals surface area contributed by atoms with Crippen LogP contribution in [-0.4, -0.2) is 26.3 Å². The molecular formula is C12H14BrNO2. The number of fused-ring (bicyclic) bond motifs is 1. The minimum atomic E-state index is 0.559. The van der Waals surface area contributed by atoms with Gasteiger partial charge in [0.1, 0.15) is 13.2 Å². The largest absolute Gasteiger partial charge is 0.486 e. The second-order valence-corrected chi connectivity index (χ2v) is 5.04. The van der Waals surface area contributed by atoms with Gasteiger partial charge in [-0.2, -0.15) is 0 Å². The first kappa shape index (κ1) is 10.4. The Morgan fingerprint density at radius 3 is 2.75 bits per heavy atom. The molecule has 0 bridgehead atoms. The Labute approximate surface area is 103 Å². The van der Waals surface area contributed by atoms with Crippen molar-refractivity contribution in [3.63, 3.8) is 0 Å². The number of rotatable bonds is 1. The van der Waals surface area contributed by atoms with Crippen LogP contribution in [0.1, 0.15) is 17.9 Å². The molecule has 1 fully saturated rings. The first-order chi connectivity index (χ1) is 7.86. The highest BCUT2D eigenvalue weighted by molar-refractivity contribution is 9.10. The summed E-state index contributed by atoms with van der Waals surface area (Å²) in [5.41, 5.74) is 1.28. The Hall–Kier alpha value is -0.740. The third kappa shape index (κ3) is 1.70. The van der Waals surface area contributed by atoms with Crippen LogP contribution in [0.4, 0.5) is 0 Å². The summed E-state index contributed by atoms with van der Waals surface area (Å²) >= 11 is 3.50.